The summed E-state index contributed by atoms with van der Waals surface area (Å²) in [6.45, 7) is 10.4. The molecule has 0 heterocycles. The van der Waals surface area contributed by atoms with Crippen molar-refractivity contribution in [2.75, 3.05) is 25.6 Å². The van der Waals surface area contributed by atoms with E-state index >= 15 is 0 Å². The Kier molecular flexibility index (Phi) is 7.90. The summed E-state index contributed by atoms with van der Waals surface area (Å²) in [5.74, 6) is -0.0484. The maximum absolute atomic E-state index is 12.7. The number of methoxy groups -OCH3 is 1. The molecule has 0 aliphatic rings. The topological polar surface area (TPSA) is 73.9 Å². The van der Waals surface area contributed by atoms with E-state index in [4.69, 9.17) is 14.2 Å². The van der Waals surface area contributed by atoms with Crippen molar-refractivity contribution in [1.82, 2.24) is 0 Å². The van der Waals surface area contributed by atoms with Gasteiger partial charge in [0.25, 0.3) is 5.91 Å². The van der Waals surface area contributed by atoms with Gasteiger partial charge in [-0.05, 0) is 51.3 Å². The van der Waals surface area contributed by atoms with E-state index in [1.807, 2.05) is 27.7 Å². The lowest BCUT2D eigenvalue weighted by Gasteiger charge is -2.30. The Morgan fingerprint density at radius 3 is 2.40 bits per heavy atom. The van der Waals surface area contributed by atoms with Crippen LogP contribution >= 0.6 is 0 Å². The highest BCUT2D eigenvalue weighted by Gasteiger charge is 2.34. The number of carbonyl (C=O) groups is 2. The molecule has 0 spiro atoms. The van der Waals surface area contributed by atoms with Gasteiger partial charge < -0.3 is 19.5 Å². The first-order valence-electron chi connectivity index (χ1n) is 8.57. The van der Waals surface area contributed by atoms with Crippen LogP contribution in [0.25, 0.3) is 0 Å². The molecule has 1 N–H and O–H groups in total. The Hall–Kier alpha value is -2.08. The third-order valence-corrected chi connectivity index (χ3v) is 3.68. The first-order chi connectivity index (χ1) is 11.8. The molecule has 25 heavy (non-hydrogen) atoms. The number of anilines is 1. The second-order valence-electron chi connectivity index (χ2n) is 6.35. The second-order valence-corrected chi connectivity index (χ2v) is 6.35. The van der Waals surface area contributed by atoms with E-state index in [1.165, 1.54) is 7.11 Å². The molecule has 1 amide bonds. The minimum atomic E-state index is -0.938. The summed E-state index contributed by atoms with van der Waals surface area (Å²) in [5, 5.41) is 2.83. The van der Waals surface area contributed by atoms with E-state index in [1.54, 1.807) is 25.1 Å². The molecule has 0 unspecified atom stereocenters. The average Bonchev–Trinajstić information content (AvgIpc) is 2.55. The van der Waals surface area contributed by atoms with Gasteiger partial charge in [0.2, 0.25) is 0 Å². The van der Waals surface area contributed by atoms with Crippen molar-refractivity contribution < 1.29 is 23.8 Å². The predicted octanol–water partition coefficient (Wildman–Crippen LogP) is 3.65. The molecule has 0 aromatic heterocycles. The van der Waals surface area contributed by atoms with Crippen molar-refractivity contribution in [2.24, 2.45) is 5.92 Å². The zero-order chi connectivity index (χ0) is 19.0. The molecular formula is C19H29NO5. The van der Waals surface area contributed by atoms with E-state index in [9.17, 15) is 9.59 Å². The molecule has 1 atom stereocenters. The lowest BCUT2D eigenvalue weighted by Crippen LogP contribution is -2.44. The Morgan fingerprint density at radius 2 is 1.88 bits per heavy atom. The fourth-order valence-corrected chi connectivity index (χ4v) is 2.74. The van der Waals surface area contributed by atoms with Gasteiger partial charge in [0.1, 0.15) is 16.9 Å². The third-order valence-electron chi connectivity index (χ3n) is 3.68. The van der Waals surface area contributed by atoms with Crippen LogP contribution < -0.4 is 10.1 Å². The van der Waals surface area contributed by atoms with Gasteiger partial charge in [-0.2, -0.15) is 0 Å². The lowest BCUT2D eigenvalue weighted by molar-refractivity contribution is -0.140. The van der Waals surface area contributed by atoms with Gasteiger partial charge in [0.15, 0.2) is 0 Å². The van der Waals surface area contributed by atoms with Gasteiger partial charge in [0, 0.05) is 12.3 Å². The molecule has 1 aromatic rings. The molecule has 0 aliphatic carbocycles. The number of hydrogen-bond donors (Lipinski definition) is 1. The zero-order valence-electron chi connectivity index (χ0n) is 16.0. The molecule has 6 nitrogen and oxygen atoms in total. The number of hydrogen-bond acceptors (Lipinski definition) is 5. The maximum atomic E-state index is 12.7. The van der Waals surface area contributed by atoms with Crippen LogP contribution in [0.4, 0.5) is 5.69 Å². The van der Waals surface area contributed by atoms with Crippen molar-refractivity contribution in [3.05, 3.63) is 23.8 Å². The van der Waals surface area contributed by atoms with Crippen LogP contribution in [0.3, 0.4) is 0 Å². The Bertz CT molecular complexity index is 599. The lowest BCUT2D eigenvalue weighted by atomic mass is 9.93. The number of amides is 1. The summed E-state index contributed by atoms with van der Waals surface area (Å²) in [5.41, 5.74) is -0.180. The molecule has 0 fully saturated rings. The molecule has 0 bridgehead atoms. The summed E-state index contributed by atoms with van der Waals surface area (Å²) in [7, 11) is 1.30. The summed E-state index contributed by atoms with van der Waals surface area (Å²) in [6, 6.07) is 4.89. The molecule has 1 aromatic carbocycles. The average molecular weight is 351 g/mol. The first kappa shape index (κ1) is 21.0. The number of rotatable bonds is 9. The van der Waals surface area contributed by atoms with Crippen molar-refractivity contribution in [3.63, 3.8) is 0 Å². The van der Waals surface area contributed by atoms with Crippen molar-refractivity contribution in [1.29, 1.82) is 0 Å². The monoisotopic (exact) mass is 351 g/mol. The van der Waals surface area contributed by atoms with Crippen LogP contribution in [0, 0.1) is 5.92 Å². The van der Waals surface area contributed by atoms with Gasteiger partial charge >= 0.3 is 5.97 Å². The van der Waals surface area contributed by atoms with E-state index in [0.717, 1.165) is 0 Å². The number of benzene rings is 1. The van der Waals surface area contributed by atoms with Gasteiger partial charge in [-0.25, -0.2) is 4.79 Å². The van der Waals surface area contributed by atoms with E-state index in [0.29, 0.717) is 37.0 Å². The Morgan fingerprint density at radius 1 is 1.20 bits per heavy atom. The smallest absolute Gasteiger partial charge is 0.341 e. The summed E-state index contributed by atoms with van der Waals surface area (Å²) < 4.78 is 15.9. The molecule has 0 saturated heterocycles. The second kappa shape index (κ2) is 9.42. The molecule has 0 radical (unpaired) electrons. The third kappa shape index (κ3) is 5.74. The SMILES string of the molecule is CCOc1ccc(NC(=O)[C@](C)(CC(C)C)OCC)cc1C(=O)OC. The van der Waals surface area contributed by atoms with Gasteiger partial charge in [-0.3, -0.25) is 4.79 Å². The molecule has 6 heteroatoms. The van der Waals surface area contributed by atoms with Crippen LogP contribution in [-0.2, 0) is 14.3 Å². The zero-order valence-corrected chi connectivity index (χ0v) is 16.0. The standard InChI is InChI=1S/C19H29NO5/c1-7-24-16-10-9-14(11-15(16)17(21)23-6)20-18(22)19(5,25-8-2)12-13(3)4/h9-11,13H,7-8,12H2,1-6H3,(H,20,22)/t19-/m0/s1. The molecular weight excluding hydrogens is 322 g/mol. The van der Waals surface area contributed by atoms with Crippen molar-refractivity contribution in [2.45, 2.75) is 46.6 Å². The first-order valence-corrected chi connectivity index (χ1v) is 8.57. The normalized spacial score (nSPS) is 13.2. The molecule has 140 valence electrons. The fraction of sp³-hybridized carbons (Fsp3) is 0.579. The quantitative estimate of drug-likeness (QED) is 0.688. The minimum Gasteiger partial charge on any atom is -0.493 e. The summed E-state index contributed by atoms with van der Waals surface area (Å²) in [6.07, 6.45) is 0.591. The highest BCUT2D eigenvalue weighted by atomic mass is 16.5. The maximum Gasteiger partial charge on any atom is 0.341 e. The van der Waals surface area contributed by atoms with Gasteiger partial charge in [-0.15, -0.1) is 0 Å². The van der Waals surface area contributed by atoms with Crippen LogP contribution in [0.5, 0.6) is 5.75 Å². The van der Waals surface area contributed by atoms with Crippen LogP contribution in [0.2, 0.25) is 0 Å². The largest absolute Gasteiger partial charge is 0.493 e. The molecule has 0 aliphatic heterocycles. The number of carbonyl (C=O) groups excluding carboxylic acids is 2. The van der Waals surface area contributed by atoms with Gasteiger partial charge in [-0.1, -0.05) is 13.8 Å². The van der Waals surface area contributed by atoms with E-state index in [-0.39, 0.29) is 11.5 Å². The van der Waals surface area contributed by atoms with E-state index < -0.39 is 11.6 Å². The Balaban J connectivity index is 3.08. The van der Waals surface area contributed by atoms with Crippen LogP contribution in [0.15, 0.2) is 18.2 Å². The highest BCUT2D eigenvalue weighted by molar-refractivity contribution is 5.99. The predicted molar refractivity (Wildman–Crippen MR) is 97.1 cm³/mol. The van der Waals surface area contributed by atoms with Gasteiger partial charge in [0.05, 0.1) is 13.7 Å². The highest BCUT2D eigenvalue weighted by Crippen LogP contribution is 2.27. The Labute approximate surface area is 149 Å². The molecule has 0 saturated carbocycles. The number of ether oxygens (including phenoxy) is 3. The van der Waals surface area contributed by atoms with Crippen molar-refractivity contribution in [3.8, 4) is 5.75 Å². The summed E-state index contributed by atoms with van der Waals surface area (Å²) in [4.78, 5) is 24.7. The number of nitrogens with one attached hydrogen (secondary N) is 1. The van der Waals surface area contributed by atoms with Crippen LogP contribution in [0.1, 0.15) is 51.4 Å². The molecule has 1 rings (SSSR count). The fourth-order valence-electron chi connectivity index (χ4n) is 2.74. The van der Waals surface area contributed by atoms with E-state index in [2.05, 4.69) is 5.32 Å². The van der Waals surface area contributed by atoms with Crippen LogP contribution in [-0.4, -0.2) is 37.8 Å². The minimum absolute atomic E-state index is 0.247. The summed E-state index contributed by atoms with van der Waals surface area (Å²) >= 11 is 0. The van der Waals surface area contributed by atoms with Crippen molar-refractivity contribution >= 4 is 17.6 Å². The number of esters is 1.